The Morgan fingerprint density at radius 1 is 0.562 bits per heavy atom. The van der Waals surface area contributed by atoms with Crippen molar-refractivity contribution in [2.45, 2.75) is 50.9 Å². The van der Waals surface area contributed by atoms with E-state index in [1.54, 1.807) is 0 Å². The van der Waals surface area contributed by atoms with Gasteiger partial charge in [0.25, 0.3) is 0 Å². The highest BCUT2D eigenvalue weighted by Gasteiger charge is 2.26. The molecule has 2 unspecified atom stereocenters. The maximum Gasteiger partial charge on any atom is 0.135 e. The van der Waals surface area contributed by atoms with E-state index in [0.29, 0.717) is 9.98 Å². The highest BCUT2D eigenvalue weighted by atomic mass is 32.1. The first-order valence-corrected chi connectivity index (χ1v) is 12.7. The lowest BCUT2D eigenvalue weighted by Crippen LogP contribution is -2.50. The molecule has 2 heterocycles. The summed E-state index contributed by atoms with van der Waals surface area (Å²) in [6, 6.07) is 21.2. The minimum absolute atomic E-state index is 0.0499. The summed E-state index contributed by atoms with van der Waals surface area (Å²) >= 11 is 11.7. The number of likely N-dealkylation sites (tertiary alicyclic amines) is 2. The van der Waals surface area contributed by atoms with Crippen molar-refractivity contribution < 1.29 is 0 Å². The Bertz CT molecular complexity index is 788. The van der Waals surface area contributed by atoms with E-state index < -0.39 is 0 Å². The van der Waals surface area contributed by atoms with Gasteiger partial charge in [-0.3, -0.25) is 9.80 Å². The van der Waals surface area contributed by atoms with Gasteiger partial charge in [0, 0.05) is 26.2 Å². The van der Waals surface area contributed by atoms with E-state index in [1.165, 1.54) is 49.7 Å². The van der Waals surface area contributed by atoms with E-state index >= 15 is 0 Å². The zero-order chi connectivity index (χ0) is 22.2. The van der Waals surface area contributed by atoms with Crippen molar-refractivity contribution in [1.29, 1.82) is 0 Å². The largest absolute Gasteiger partial charge is 0.354 e. The molecular formula is C26H34N4S2. The number of benzene rings is 2. The molecule has 0 aliphatic carbocycles. The molecule has 0 aromatic heterocycles. The van der Waals surface area contributed by atoms with Crippen molar-refractivity contribution in [2.75, 3.05) is 26.2 Å². The van der Waals surface area contributed by atoms with Crippen LogP contribution >= 0.6 is 24.4 Å². The number of nitrogens with one attached hydrogen (secondary N) is 2. The molecule has 2 aromatic rings. The van der Waals surface area contributed by atoms with Crippen molar-refractivity contribution in [1.82, 2.24) is 20.4 Å². The Morgan fingerprint density at radius 2 is 0.906 bits per heavy atom. The molecule has 0 saturated carbocycles. The van der Waals surface area contributed by atoms with Gasteiger partial charge in [-0.05, 0) is 36.8 Å². The van der Waals surface area contributed by atoms with Gasteiger partial charge in [0.05, 0.1) is 0 Å². The van der Waals surface area contributed by atoms with Crippen LogP contribution in [-0.4, -0.2) is 46.0 Å². The molecule has 0 bridgehead atoms. The Morgan fingerprint density at radius 3 is 1.25 bits per heavy atom. The van der Waals surface area contributed by atoms with E-state index in [9.17, 15) is 0 Å². The van der Waals surface area contributed by atoms with Crippen LogP contribution in [0.5, 0.6) is 0 Å². The van der Waals surface area contributed by atoms with Gasteiger partial charge in [-0.25, -0.2) is 0 Å². The molecule has 2 fully saturated rings. The summed E-state index contributed by atoms with van der Waals surface area (Å²) in [6.45, 7) is 4.32. The average Bonchev–Trinajstić information content (AvgIpc) is 2.87. The molecule has 2 atom stereocenters. The standard InChI is InChI=1S/C26H34N4S2/c31-25(27-23(21-13-5-1-6-14-21)29-17-9-3-10-18-29)26(32)28-24(22-15-7-2-8-16-22)30-19-11-4-12-20-30/h1-2,5-8,13-16,23-24H,3-4,9-12,17-20H2,(H,27,31)(H,28,32). The Balaban J connectivity index is 1.48. The van der Waals surface area contributed by atoms with Crippen LogP contribution in [0.3, 0.4) is 0 Å². The van der Waals surface area contributed by atoms with Crippen LogP contribution in [0.25, 0.3) is 0 Å². The van der Waals surface area contributed by atoms with Crippen LogP contribution < -0.4 is 10.6 Å². The lowest BCUT2D eigenvalue weighted by atomic mass is 10.1. The average molecular weight is 467 g/mol. The summed E-state index contributed by atoms with van der Waals surface area (Å²) < 4.78 is 0. The Hall–Kier alpha value is -1.86. The summed E-state index contributed by atoms with van der Waals surface area (Å²) in [5, 5.41) is 7.20. The summed E-state index contributed by atoms with van der Waals surface area (Å²) in [5.41, 5.74) is 2.46. The van der Waals surface area contributed by atoms with Crippen LogP contribution in [0.4, 0.5) is 0 Å². The first-order valence-electron chi connectivity index (χ1n) is 11.9. The third-order valence-electron chi connectivity index (χ3n) is 6.48. The minimum atomic E-state index is 0.0499. The molecule has 0 radical (unpaired) electrons. The number of rotatable bonds is 6. The second-order valence-corrected chi connectivity index (χ2v) is 9.58. The minimum Gasteiger partial charge on any atom is -0.354 e. The summed E-state index contributed by atoms with van der Waals surface area (Å²) in [5.74, 6) is 0. The maximum absolute atomic E-state index is 5.83. The molecule has 0 amide bonds. The van der Waals surface area contributed by atoms with Gasteiger partial charge in [0.15, 0.2) is 0 Å². The quantitative estimate of drug-likeness (QED) is 0.570. The number of hydrogen-bond acceptors (Lipinski definition) is 4. The van der Waals surface area contributed by atoms with E-state index in [2.05, 4.69) is 81.1 Å². The number of piperidine rings is 2. The number of thiocarbonyl (C=S) groups is 2. The van der Waals surface area contributed by atoms with Crippen LogP contribution in [0, 0.1) is 0 Å². The third-order valence-corrected chi connectivity index (χ3v) is 7.26. The molecule has 0 spiro atoms. The van der Waals surface area contributed by atoms with Crippen molar-refractivity contribution in [2.24, 2.45) is 0 Å². The molecule has 2 aliphatic rings. The summed E-state index contributed by atoms with van der Waals surface area (Å²) in [7, 11) is 0. The zero-order valence-electron chi connectivity index (χ0n) is 18.7. The first-order chi connectivity index (χ1) is 15.7. The fourth-order valence-corrected chi connectivity index (χ4v) is 5.12. The van der Waals surface area contributed by atoms with E-state index in [0.717, 1.165) is 26.2 Å². The molecule has 2 N–H and O–H groups in total. The van der Waals surface area contributed by atoms with Gasteiger partial charge in [0.2, 0.25) is 0 Å². The van der Waals surface area contributed by atoms with E-state index in [1.807, 2.05) is 0 Å². The van der Waals surface area contributed by atoms with Crippen molar-refractivity contribution in [3.63, 3.8) is 0 Å². The molecule has 2 aliphatic heterocycles. The fourth-order valence-electron chi connectivity index (χ4n) is 4.77. The lowest BCUT2D eigenvalue weighted by Gasteiger charge is -2.38. The molecule has 2 saturated heterocycles. The predicted octanol–water partition coefficient (Wildman–Crippen LogP) is 5.19. The van der Waals surface area contributed by atoms with Gasteiger partial charge in [0.1, 0.15) is 22.3 Å². The molecule has 4 rings (SSSR count). The predicted molar refractivity (Wildman–Crippen MR) is 141 cm³/mol. The van der Waals surface area contributed by atoms with Crippen molar-refractivity contribution in [3.8, 4) is 0 Å². The lowest BCUT2D eigenvalue weighted by molar-refractivity contribution is 0.151. The van der Waals surface area contributed by atoms with E-state index in [-0.39, 0.29) is 12.3 Å². The Labute approximate surface area is 203 Å². The van der Waals surface area contributed by atoms with Gasteiger partial charge in [-0.15, -0.1) is 0 Å². The molecule has 4 nitrogen and oxygen atoms in total. The summed E-state index contributed by atoms with van der Waals surface area (Å²) in [6.07, 6.45) is 7.62. The second-order valence-electron chi connectivity index (χ2n) is 8.77. The Kier molecular flexibility index (Phi) is 8.62. The molecule has 2 aromatic carbocycles. The van der Waals surface area contributed by atoms with Crippen LogP contribution in [0.2, 0.25) is 0 Å². The third kappa shape index (κ3) is 6.13. The SMILES string of the molecule is S=C(NC(c1ccccc1)N1CCCCC1)C(=S)NC(c1ccccc1)N1CCCCC1. The van der Waals surface area contributed by atoms with Gasteiger partial charge in [-0.2, -0.15) is 0 Å². The topological polar surface area (TPSA) is 30.5 Å². The normalized spacial score (nSPS) is 19.6. The second kappa shape index (κ2) is 11.8. The maximum atomic E-state index is 5.83. The first kappa shape index (κ1) is 23.3. The smallest absolute Gasteiger partial charge is 0.135 e. The van der Waals surface area contributed by atoms with E-state index in [4.69, 9.17) is 24.4 Å². The van der Waals surface area contributed by atoms with Gasteiger partial charge < -0.3 is 10.6 Å². The van der Waals surface area contributed by atoms with Crippen LogP contribution in [-0.2, 0) is 0 Å². The van der Waals surface area contributed by atoms with Gasteiger partial charge in [-0.1, -0.05) is 97.9 Å². The highest BCUT2D eigenvalue weighted by Crippen LogP contribution is 2.24. The zero-order valence-corrected chi connectivity index (χ0v) is 20.3. The van der Waals surface area contributed by atoms with Crippen molar-refractivity contribution in [3.05, 3.63) is 71.8 Å². The molecule has 32 heavy (non-hydrogen) atoms. The molecule has 6 heteroatoms. The highest BCUT2D eigenvalue weighted by molar-refractivity contribution is 7.89. The summed E-state index contributed by atoms with van der Waals surface area (Å²) in [4.78, 5) is 6.23. The van der Waals surface area contributed by atoms with Crippen LogP contribution in [0.15, 0.2) is 60.7 Å². The van der Waals surface area contributed by atoms with Gasteiger partial charge >= 0.3 is 0 Å². The monoisotopic (exact) mass is 466 g/mol. The van der Waals surface area contributed by atoms with Crippen LogP contribution in [0.1, 0.15) is 62.0 Å². The molecule has 170 valence electrons. The molecular weight excluding hydrogens is 432 g/mol. The van der Waals surface area contributed by atoms with Crippen molar-refractivity contribution >= 4 is 34.4 Å². The fraction of sp³-hybridized carbons (Fsp3) is 0.462. The number of nitrogens with zero attached hydrogens (tertiary/aromatic N) is 2. The number of hydrogen-bond donors (Lipinski definition) is 2.